The number of aromatic nitrogens is 1. The third-order valence-corrected chi connectivity index (χ3v) is 2.53. The maximum Gasteiger partial charge on any atom is 0.101 e. The molecule has 2 aromatic rings. The van der Waals surface area contributed by atoms with Crippen molar-refractivity contribution in [2.24, 2.45) is 0 Å². The molecule has 2 rings (SSSR count). The van der Waals surface area contributed by atoms with E-state index in [2.05, 4.69) is 16.4 Å². The van der Waals surface area contributed by atoms with E-state index in [1.54, 1.807) is 12.4 Å². The van der Waals surface area contributed by atoms with Crippen LogP contribution in [0.1, 0.15) is 11.1 Å². The molecule has 0 unspecified atom stereocenters. The second-order valence-electron chi connectivity index (χ2n) is 3.69. The van der Waals surface area contributed by atoms with Crippen LogP contribution in [0, 0.1) is 11.3 Å². The Labute approximate surface area is 101 Å². The number of nitriles is 1. The number of anilines is 1. The van der Waals surface area contributed by atoms with Gasteiger partial charge in [-0.05, 0) is 36.2 Å². The fourth-order valence-corrected chi connectivity index (χ4v) is 1.63. The summed E-state index contributed by atoms with van der Waals surface area (Å²) in [6.07, 6.45) is 4.50. The maximum absolute atomic E-state index is 8.94. The molecule has 0 aliphatic carbocycles. The van der Waals surface area contributed by atoms with Gasteiger partial charge in [0.05, 0.1) is 11.3 Å². The SMILES string of the molecule is N#Cc1ccccc1NCCc1ccncc1. The predicted octanol–water partition coefficient (Wildman–Crippen LogP) is 2.61. The molecule has 0 spiro atoms. The van der Waals surface area contributed by atoms with Gasteiger partial charge in [0.15, 0.2) is 0 Å². The van der Waals surface area contributed by atoms with Crippen LogP contribution in [0.25, 0.3) is 0 Å². The molecule has 17 heavy (non-hydrogen) atoms. The van der Waals surface area contributed by atoms with Crippen LogP contribution in [0.4, 0.5) is 5.69 Å². The Morgan fingerprint density at radius 1 is 1.12 bits per heavy atom. The number of nitrogens with zero attached hydrogens (tertiary/aromatic N) is 2. The molecule has 1 aromatic heterocycles. The van der Waals surface area contributed by atoms with Crippen LogP contribution in [0.3, 0.4) is 0 Å². The van der Waals surface area contributed by atoms with Gasteiger partial charge in [0, 0.05) is 18.9 Å². The Kier molecular flexibility index (Phi) is 3.72. The largest absolute Gasteiger partial charge is 0.384 e. The van der Waals surface area contributed by atoms with Crippen molar-refractivity contribution in [3.63, 3.8) is 0 Å². The van der Waals surface area contributed by atoms with Crippen molar-refractivity contribution in [2.75, 3.05) is 11.9 Å². The summed E-state index contributed by atoms with van der Waals surface area (Å²) in [4.78, 5) is 3.98. The van der Waals surface area contributed by atoms with E-state index in [1.807, 2.05) is 36.4 Å². The Morgan fingerprint density at radius 2 is 1.88 bits per heavy atom. The second-order valence-corrected chi connectivity index (χ2v) is 3.69. The Bertz CT molecular complexity index is 514. The fraction of sp³-hybridized carbons (Fsp3) is 0.143. The standard InChI is InChI=1S/C14H13N3/c15-11-13-3-1-2-4-14(13)17-10-7-12-5-8-16-9-6-12/h1-6,8-9,17H,7,10H2. The van der Waals surface area contributed by atoms with Crippen LogP contribution in [0.15, 0.2) is 48.8 Å². The fourth-order valence-electron chi connectivity index (χ4n) is 1.63. The molecule has 0 aliphatic rings. The average Bonchev–Trinajstić information content (AvgIpc) is 2.40. The van der Waals surface area contributed by atoms with Gasteiger partial charge in [0.25, 0.3) is 0 Å². The van der Waals surface area contributed by atoms with Crippen LogP contribution in [0.2, 0.25) is 0 Å². The van der Waals surface area contributed by atoms with Gasteiger partial charge in [0.2, 0.25) is 0 Å². The van der Waals surface area contributed by atoms with Crippen molar-refractivity contribution >= 4 is 5.69 Å². The van der Waals surface area contributed by atoms with Crippen molar-refractivity contribution in [3.05, 3.63) is 59.9 Å². The molecular formula is C14H13N3. The van der Waals surface area contributed by atoms with Crippen molar-refractivity contribution in [1.29, 1.82) is 5.26 Å². The first kappa shape index (κ1) is 11.2. The topological polar surface area (TPSA) is 48.7 Å². The van der Waals surface area contributed by atoms with Crippen molar-refractivity contribution < 1.29 is 0 Å². The molecule has 0 saturated carbocycles. The summed E-state index contributed by atoms with van der Waals surface area (Å²) in [5.74, 6) is 0. The Balaban J connectivity index is 1.93. The van der Waals surface area contributed by atoms with Crippen LogP contribution in [0.5, 0.6) is 0 Å². The molecule has 0 saturated heterocycles. The number of benzene rings is 1. The van der Waals surface area contributed by atoms with Gasteiger partial charge < -0.3 is 5.32 Å². The van der Waals surface area contributed by atoms with E-state index in [9.17, 15) is 0 Å². The number of hydrogen-bond donors (Lipinski definition) is 1. The lowest BCUT2D eigenvalue weighted by atomic mass is 10.1. The molecule has 1 heterocycles. The minimum absolute atomic E-state index is 0.683. The zero-order valence-corrected chi connectivity index (χ0v) is 9.43. The summed E-state index contributed by atoms with van der Waals surface area (Å²) in [5.41, 5.74) is 2.81. The van der Waals surface area contributed by atoms with Crippen LogP contribution in [-0.2, 0) is 6.42 Å². The van der Waals surface area contributed by atoms with Gasteiger partial charge in [-0.15, -0.1) is 0 Å². The normalized spacial score (nSPS) is 9.59. The molecular weight excluding hydrogens is 210 g/mol. The summed E-state index contributed by atoms with van der Waals surface area (Å²) in [6, 6.07) is 13.7. The number of rotatable bonds is 4. The quantitative estimate of drug-likeness (QED) is 0.866. The number of para-hydroxylation sites is 1. The van der Waals surface area contributed by atoms with Gasteiger partial charge in [-0.1, -0.05) is 12.1 Å². The Morgan fingerprint density at radius 3 is 2.65 bits per heavy atom. The first-order valence-electron chi connectivity index (χ1n) is 5.52. The molecule has 3 heteroatoms. The van der Waals surface area contributed by atoms with E-state index in [-0.39, 0.29) is 0 Å². The summed E-state index contributed by atoms with van der Waals surface area (Å²) >= 11 is 0. The minimum atomic E-state index is 0.683. The molecule has 0 amide bonds. The first-order chi connectivity index (χ1) is 8.40. The highest BCUT2D eigenvalue weighted by Gasteiger charge is 1.99. The van der Waals surface area contributed by atoms with E-state index in [0.717, 1.165) is 18.7 Å². The number of hydrogen-bond acceptors (Lipinski definition) is 3. The molecule has 0 fully saturated rings. The minimum Gasteiger partial charge on any atom is -0.384 e. The smallest absolute Gasteiger partial charge is 0.101 e. The van der Waals surface area contributed by atoms with Crippen LogP contribution >= 0.6 is 0 Å². The first-order valence-corrected chi connectivity index (χ1v) is 5.52. The van der Waals surface area contributed by atoms with Gasteiger partial charge in [0.1, 0.15) is 6.07 Å². The molecule has 1 N–H and O–H groups in total. The van der Waals surface area contributed by atoms with Crippen LogP contribution in [-0.4, -0.2) is 11.5 Å². The van der Waals surface area contributed by atoms with E-state index in [1.165, 1.54) is 5.56 Å². The molecule has 0 atom stereocenters. The molecule has 3 nitrogen and oxygen atoms in total. The Hall–Kier alpha value is -2.34. The number of pyridine rings is 1. The number of nitrogens with one attached hydrogen (secondary N) is 1. The third-order valence-electron chi connectivity index (χ3n) is 2.53. The highest BCUT2D eigenvalue weighted by Crippen LogP contribution is 2.13. The highest BCUT2D eigenvalue weighted by molar-refractivity contribution is 5.57. The van der Waals surface area contributed by atoms with Gasteiger partial charge in [-0.25, -0.2) is 0 Å². The lowest BCUT2D eigenvalue weighted by Gasteiger charge is -2.07. The van der Waals surface area contributed by atoms with Gasteiger partial charge >= 0.3 is 0 Å². The van der Waals surface area contributed by atoms with E-state index in [0.29, 0.717) is 5.56 Å². The molecule has 84 valence electrons. The molecule has 0 radical (unpaired) electrons. The molecule has 0 bridgehead atoms. The molecule has 1 aromatic carbocycles. The zero-order chi connectivity index (χ0) is 11.9. The summed E-state index contributed by atoms with van der Waals surface area (Å²) in [5, 5.41) is 12.2. The average molecular weight is 223 g/mol. The summed E-state index contributed by atoms with van der Waals surface area (Å²) < 4.78 is 0. The van der Waals surface area contributed by atoms with Crippen LogP contribution < -0.4 is 5.32 Å². The third kappa shape index (κ3) is 3.05. The summed E-state index contributed by atoms with van der Waals surface area (Å²) in [6.45, 7) is 0.808. The highest BCUT2D eigenvalue weighted by atomic mass is 14.9. The maximum atomic E-state index is 8.94. The summed E-state index contributed by atoms with van der Waals surface area (Å²) in [7, 11) is 0. The molecule has 0 aliphatic heterocycles. The predicted molar refractivity (Wildman–Crippen MR) is 67.6 cm³/mol. The van der Waals surface area contributed by atoms with E-state index >= 15 is 0 Å². The van der Waals surface area contributed by atoms with E-state index in [4.69, 9.17) is 5.26 Å². The second kappa shape index (κ2) is 5.66. The lowest BCUT2D eigenvalue weighted by Crippen LogP contribution is -2.06. The monoisotopic (exact) mass is 223 g/mol. The van der Waals surface area contributed by atoms with Gasteiger partial charge in [-0.2, -0.15) is 5.26 Å². The van der Waals surface area contributed by atoms with Crippen molar-refractivity contribution in [1.82, 2.24) is 4.98 Å². The van der Waals surface area contributed by atoms with Crippen molar-refractivity contribution in [2.45, 2.75) is 6.42 Å². The van der Waals surface area contributed by atoms with Gasteiger partial charge in [-0.3, -0.25) is 4.98 Å². The lowest BCUT2D eigenvalue weighted by molar-refractivity contribution is 1.01. The van der Waals surface area contributed by atoms with Crippen molar-refractivity contribution in [3.8, 4) is 6.07 Å². The zero-order valence-electron chi connectivity index (χ0n) is 9.43. The van der Waals surface area contributed by atoms with E-state index < -0.39 is 0 Å².